The van der Waals surface area contributed by atoms with Crippen molar-refractivity contribution < 1.29 is 9.59 Å². The number of aromatic nitrogens is 3. The van der Waals surface area contributed by atoms with Crippen LogP contribution in [-0.2, 0) is 0 Å². The SMILES string of the molecule is O=C(c1ccc(Cl)c(Cl)c1)N1CCN(C(=O)c2n[nH]nc2C2CC2)CC1. The van der Waals surface area contributed by atoms with Crippen molar-refractivity contribution >= 4 is 35.0 Å². The van der Waals surface area contributed by atoms with Crippen molar-refractivity contribution in [3.05, 3.63) is 45.2 Å². The summed E-state index contributed by atoms with van der Waals surface area (Å²) in [6.07, 6.45) is 2.11. The van der Waals surface area contributed by atoms with E-state index in [0.29, 0.717) is 53.4 Å². The predicted molar refractivity (Wildman–Crippen MR) is 96.6 cm³/mol. The van der Waals surface area contributed by atoms with Gasteiger partial charge in [0.1, 0.15) is 0 Å². The quantitative estimate of drug-likeness (QED) is 0.868. The van der Waals surface area contributed by atoms with E-state index in [1.165, 1.54) is 0 Å². The number of halogens is 2. The van der Waals surface area contributed by atoms with Crippen molar-refractivity contribution in [1.29, 1.82) is 0 Å². The molecule has 9 heteroatoms. The average molecular weight is 394 g/mol. The summed E-state index contributed by atoms with van der Waals surface area (Å²) in [4.78, 5) is 28.8. The van der Waals surface area contributed by atoms with Crippen LogP contribution < -0.4 is 0 Å². The molecule has 1 aliphatic heterocycles. The van der Waals surface area contributed by atoms with Crippen molar-refractivity contribution in [3.63, 3.8) is 0 Å². The first-order valence-corrected chi connectivity index (χ1v) is 9.24. The number of carbonyl (C=O) groups is 2. The third-order valence-electron chi connectivity index (χ3n) is 4.76. The molecular formula is C17H17Cl2N5O2. The van der Waals surface area contributed by atoms with Gasteiger partial charge in [-0.25, -0.2) is 0 Å². The zero-order valence-corrected chi connectivity index (χ0v) is 15.4. The van der Waals surface area contributed by atoms with Crippen molar-refractivity contribution in [1.82, 2.24) is 25.2 Å². The Morgan fingerprint density at radius 3 is 2.23 bits per heavy atom. The molecule has 2 fully saturated rings. The second-order valence-electron chi connectivity index (χ2n) is 6.55. The summed E-state index contributed by atoms with van der Waals surface area (Å²) in [7, 11) is 0. The van der Waals surface area contributed by atoms with Crippen molar-refractivity contribution in [2.75, 3.05) is 26.2 Å². The van der Waals surface area contributed by atoms with Gasteiger partial charge in [0.2, 0.25) is 0 Å². The molecule has 0 unspecified atom stereocenters. The average Bonchev–Trinajstić information content (AvgIpc) is 3.39. The largest absolute Gasteiger partial charge is 0.335 e. The van der Waals surface area contributed by atoms with Gasteiger partial charge in [0, 0.05) is 37.7 Å². The summed E-state index contributed by atoms with van der Waals surface area (Å²) >= 11 is 11.9. The highest BCUT2D eigenvalue weighted by Gasteiger charge is 2.34. The summed E-state index contributed by atoms with van der Waals surface area (Å²) in [5, 5.41) is 11.5. The Labute approximate surface area is 160 Å². The maximum Gasteiger partial charge on any atom is 0.276 e. The molecule has 1 aromatic carbocycles. The number of nitrogens with zero attached hydrogens (tertiary/aromatic N) is 4. The van der Waals surface area contributed by atoms with Crippen LogP contribution in [-0.4, -0.2) is 63.2 Å². The minimum absolute atomic E-state index is 0.115. The van der Waals surface area contributed by atoms with Crippen LogP contribution in [0.4, 0.5) is 0 Å². The molecule has 1 aromatic heterocycles. The van der Waals surface area contributed by atoms with E-state index in [1.807, 2.05) is 0 Å². The van der Waals surface area contributed by atoms with Crippen molar-refractivity contribution in [3.8, 4) is 0 Å². The number of carbonyl (C=O) groups excluding carboxylic acids is 2. The first-order chi connectivity index (χ1) is 12.5. The molecule has 2 heterocycles. The lowest BCUT2D eigenvalue weighted by Crippen LogP contribution is -2.50. The molecule has 2 aliphatic rings. The van der Waals surface area contributed by atoms with Gasteiger partial charge in [0.15, 0.2) is 5.69 Å². The van der Waals surface area contributed by atoms with Crippen LogP contribution in [0.15, 0.2) is 18.2 Å². The topological polar surface area (TPSA) is 82.2 Å². The molecule has 0 bridgehead atoms. The third-order valence-corrected chi connectivity index (χ3v) is 5.50. The maximum atomic E-state index is 12.7. The second-order valence-corrected chi connectivity index (χ2v) is 7.36. The highest BCUT2D eigenvalue weighted by atomic mass is 35.5. The van der Waals surface area contributed by atoms with E-state index < -0.39 is 0 Å². The van der Waals surface area contributed by atoms with E-state index in [2.05, 4.69) is 15.4 Å². The monoisotopic (exact) mass is 393 g/mol. The summed E-state index contributed by atoms with van der Waals surface area (Å²) in [5.41, 5.74) is 1.67. The molecule has 0 atom stereocenters. The molecule has 0 spiro atoms. The van der Waals surface area contributed by atoms with Gasteiger partial charge < -0.3 is 9.80 Å². The number of H-pyrrole nitrogens is 1. The fourth-order valence-corrected chi connectivity index (χ4v) is 3.41. The van der Waals surface area contributed by atoms with Crippen molar-refractivity contribution in [2.24, 2.45) is 0 Å². The van der Waals surface area contributed by atoms with E-state index in [9.17, 15) is 9.59 Å². The minimum atomic E-state index is -0.123. The van der Waals surface area contributed by atoms with Gasteiger partial charge in [-0.2, -0.15) is 15.4 Å². The maximum absolute atomic E-state index is 12.7. The molecule has 26 heavy (non-hydrogen) atoms. The van der Waals surface area contributed by atoms with Gasteiger partial charge in [-0.1, -0.05) is 23.2 Å². The Hall–Kier alpha value is -2.12. The van der Waals surface area contributed by atoms with Crippen LogP contribution in [0.25, 0.3) is 0 Å². The number of aromatic amines is 1. The molecular weight excluding hydrogens is 377 g/mol. The molecule has 136 valence electrons. The Morgan fingerprint density at radius 2 is 1.62 bits per heavy atom. The molecule has 0 radical (unpaired) electrons. The summed E-state index contributed by atoms with van der Waals surface area (Å²) in [6, 6.07) is 4.84. The number of hydrogen-bond acceptors (Lipinski definition) is 4. The first kappa shape index (κ1) is 17.3. The lowest BCUT2D eigenvalue weighted by atomic mass is 10.1. The molecule has 1 saturated carbocycles. The Balaban J connectivity index is 1.40. The smallest absolute Gasteiger partial charge is 0.276 e. The van der Waals surface area contributed by atoms with Gasteiger partial charge in [-0.3, -0.25) is 9.59 Å². The molecule has 2 amide bonds. The minimum Gasteiger partial charge on any atom is -0.335 e. The normalized spacial score (nSPS) is 17.5. The van der Waals surface area contributed by atoms with Crippen LogP contribution in [0.5, 0.6) is 0 Å². The zero-order chi connectivity index (χ0) is 18.3. The molecule has 1 aliphatic carbocycles. The summed E-state index contributed by atoms with van der Waals surface area (Å²) in [5.74, 6) is 0.114. The van der Waals surface area contributed by atoms with E-state index in [1.54, 1.807) is 28.0 Å². The third kappa shape index (κ3) is 3.29. The van der Waals surface area contributed by atoms with Gasteiger partial charge in [-0.05, 0) is 31.0 Å². The standard InChI is InChI=1S/C17H17Cl2N5O2/c18-12-4-3-11(9-13(12)19)16(25)23-5-7-24(8-6-23)17(26)15-14(10-1-2-10)20-22-21-15/h3-4,9-10H,1-2,5-8H2,(H,20,21,22). The molecule has 1 N–H and O–H groups in total. The summed E-state index contributed by atoms with van der Waals surface area (Å²) in [6.45, 7) is 1.84. The van der Waals surface area contributed by atoms with E-state index in [-0.39, 0.29) is 11.8 Å². The zero-order valence-electron chi connectivity index (χ0n) is 13.9. The van der Waals surface area contributed by atoms with E-state index in [4.69, 9.17) is 23.2 Å². The Morgan fingerprint density at radius 1 is 0.962 bits per heavy atom. The number of nitrogens with one attached hydrogen (secondary N) is 1. The number of benzene rings is 1. The number of hydrogen-bond donors (Lipinski definition) is 1. The summed E-state index contributed by atoms with van der Waals surface area (Å²) < 4.78 is 0. The molecule has 1 saturated heterocycles. The van der Waals surface area contributed by atoms with Crippen LogP contribution in [0, 0.1) is 0 Å². The first-order valence-electron chi connectivity index (χ1n) is 8.49. The van der Waals surface area contributed by atoms with Crippen LogP contribution in [0.3, 0.4) is 0 Å². The molecule has 7 nitrogen and oxygen atoms in total. The van der Waals surface area contributed by atoms with Crippen molar-refractivity contribution in [2.45, 2.75) is 18.8 Å². The second kappa shape index (κ2) is 6.89. The number of piperazine rings is 1. The molecule has 2 aromatic rings. The van der Waals surface area contributed by atoms with Gasteiger partial charge in [0.25, 0.3) is 11.8 Å². The Kier molecular flexibility index (Phi) is 4.58. The van der Waals surface area contributed by atoms with Gasteiger partial charge in [0.05, 0.1) is 15.7 Å². The highest BCUT2D eigenvalue weighted by molar-refractivity contribution is 6.42. The highest BCUT2D eigenvalue weighted by Crippen LogP contribution is 2.40. The molecule has 4 rings (SSSR count). The van der Waals surface area contributed by atoms with Gasteiger partial charge >= 0.3 is 0 Å². The number of amides is 2. The van der Waals surface area contributed by atoms with E-state index >= 15 is 0 Å². The fourth-order valence-electron chi connectivity index (χ4n) is 3.11. The number of rotatable bonds is 3. The lowest BCUT2D eigenvalue weighted by molar-refractivity contribution is 0.0531. The Bertz CT molecular complexity index is 857. The van der Waals surface area contributed by atoms with Crippen LogP contribution >= 0.6 is 23.2 Å². The van der Waals surface area contributed by atoms with Crippen LogP contribution in [0.1, 0.15) is 45.3 Å². The van der Waals surface area contributed by atoms with Crippen LogP contribution in [0.2, 0.25) is 10.0 Å². The fraction of sp³-hybridized carbons (Fsp3) is 0.412. The van der Waals surface area contributed by atoms with E-state index in [0.717, 1.165) is 18.5 Å². The van der Waals surface area contributed by atoms with Gasteiger partial charge in [-0.15, -0.1) is 0 Å². The predicted octanol–water partition coefficient (Wildman–Crippen LogP) is 2.59. The lowest BCUT2D eigenvalue weighted by Gasteiger charge is -2.34.